The molecule has 0 radical (unpaired) electrons. The summed E-state index contributed by atoms with van der Waals surface area (Å²) in [6.45, 7) is 6.37. The van der Waals surface area contributed by atoms with Crippen molar-refractivity contribution in [2.24, 2.45) is 5.14 Å². The maximum absolute atomic E-state index is 12.2. The fourth-order valence-corrected chi connectivity index (χ4v) is 2.52. The van der Waals surface area contributed by atoms with E-state index in [1.54, 1.807) is 4.57 Å². The summed E-state index contributed by atoms with van der Waals surface area (Å²) >= 11 is 0. The van der Waals surface area contributed by atoms with E-state index in [-0.39, 0.29) is 16.8 Å². The second kappa shape index (κ2) is 6.90. The number of amides is 1. The molecule has 20 heavy (non-hydrogen) atoms. The molecule has 0 aliphatic heterocycles. The highest BCUT2D eigenvalue weighted by Crippen LogP contribution is 2.13. The van der Waals surface area contributed by atoms with E-state index in [0.717, 1.165) is 19.3 Å². The topological polar surface area (TPSA) is 94.2 Å². The molecule has 7 heteroatoms. The van der Waals surface area contributed by atoms with Crippen LogP contribution in [0.4, 0.5) is 0 Å². The highest BCUT2D eigenvalue weighted by molar-refractivity contribution is 7.89. The number of unbranched alkanes of at least 4 members (excludes halogenated alkanes) is 1. The standard InChI is InChI=1S/C13H23N3O3S/c1-4-6-7-10(3)15-13(17)12-8-11(20(14,18)19)9-16(12)5-2/h8-10H,4-7H2,1-3H3,(H,15,17)(H2,14,18,19). The molecule has 0 fully saturated rings. The van der Waals surface area contributed by atoms with Gasteiger partial charge in [0.1, 0.15) is 10.6 Å². The summed E-state index contributed by atoms with van der Waals surface area (Å²) in [7, 11) is -3.79. The third kappa shape index (κ3) is 4.35. The zero-order valence-electron chi connectivity index (χ0n) is 12.2. The summed E-state index contributed by atoms with van der Waals surface area (Å²) in [5.41, 5.74) is 0.319. The molecule has 0 bridgehead atoms. The molecule has 114 valence electrons. The molecule has 3 N–H and O–H groups in total. The zero-order valence-corrected chi connectivity index (χ0v) is 13.0. The first-order valence-corrected chi connectivity index (χ1v) is 8.38. The lowest BCUT2D eigenvalue weighted by Gasteiger charge is -2.14. The Morgan fingerprint density at radius 3 is 2.60 bits per heavy atom. The third-order valence-electron chi connectivity index (χ3n) is 3.14. The lowest BCUT2D eigenvalue weighted by molar-refractivity contribution is 0.0928. The van der Waals surface area contributed by atoms with Crippen molar-refractivity contribution in [1.29, 1.82) is 0 Å². The van der Waals surface area contributed by atoms with E-state index >= 15 is 0 Å². The van der Waals surface area contributed by atoms with Gasteiger partial charge in [0.05, 0.1) is 0 Å². The maximum atomic E-state index is 12.2. The van der Waals surface area contributed by atoms with Crippen LogP contribution in [0.15, 0.2) is 17.2 Å². The van der Waals surface area contributed by atoms with Gasteiger partial charge in [-0.25, -0.2) is 13.6 Å². The monoisotopic (exact) mass is 301 g/mol. The van der Waals surface area contributed by atoms with Crippen LogP contribution < -0.4 is 10.5 Å². The van der Waals surface area contributed by atoms with Gasteiger partial charge in [-0.3, -0.25) is 4.79 Å². The molecule has 1 aromatic heterocycles. The fourth-order valence-electron chi connectivity index (χ4n) is 1.97. The van der Waals surface area contributed by atoms with Crippen LogP contribution in [0.2, 0.25) is 0 Å². The molecule has 1 heterocycles. The molecule has 0 aliphatic carbocycles. The minimum atomic E-state index is -3.79. The quantitative estimate of drug-likeness (QED) is 0.798. The number of rotatable bonds is 7. The number of carbonyl (C=O) groups excluding carboxylic acids is 1. The molecule has 0 aliphatic rings. The molecule has 1 atom stereocenters. The number of primary sulfonamides is 1. The highest BCUT2D eigenvalue weighted by atomic mass is 32.2. The van der Waals surface area contributed by atoms with Crippen molar-refractivity contribution in [1.82, 2.24) is 9.88 Å². The summed E-state index contributed by atoms with van der Waals surface area (Å²) < 4.78 is 24.3. The van der Waals surface area contributed by atoms with Gasteiger partial charge in [-0.2, -0.15) is 0 Å². The second-order valence-corrected chi connectivity index (χ2v) is 6.47. The van der Waals surface area contributed by atoms with E-state index in [1.807, 2.05) is 13.8 Å². The number of sulfonamides is 1. The van der Waals surface area contributed by atoms with Gasteiger partial charge in [-0.15, -0.1) is 0 Å². The van der Waals surface area contributed by atoms with Gasteiger partial charge < -0.3 is 9.88 Å². The van der Waals surface area contributed by atoms with Crippen molar-refractivity contribution in [3.05, 3.63) is 18.0 Å². The van der Waals surface area contributed by atoms with Crippen molar-refractivity contribution in [2.75, 3.05) is 0 Å². The van der Waals surface area contributed by atoms with E-state index in [2.05, 4.69) is 12.2 Å². The van der Waals surface area contributed by atoms with Crippen molar-refractivity contribution in [3.63, 3.8) is 0 Å². The average molecular weight is 301 g/mol. The maximum Gasteiger partial charge on any atom is 0.268 e. The Morgan fingerprint density at radius 2 is 2.10 bits per heavy atom. The Kier molecular flexibility index (Phi) is 5.76. The van der Waals surface area contributed by atoms with E-state index < -0.39 is 10.0 Å². The summed E-state index contributed by atoms with van der Waals surface area (Å²) in [5.74, 6) is -0.273. The first-order chi connectivity index (χ1) is 9.29. The molecule has 1 aromatic rings. The largest absolute Gasteiger partial charge is 0.348 e. The van der Waals surface area contributed by atoms with Gasteiger partial charge in [0, 0.05) is 18.8 Å². The second-order valence-electron chi connectivity index (χ2n) is 4.91. The van der Waals surface area contributed by atoms with E-state index in [9.17, 15) is 13.2 Å². The molecule has 1 amide bonds. The molecule has 0 saturated carbocycles. The normalized spacial score (nSPS) is 13.2. The highest BCUT2D eigenvalue weighted by Gasteiger charge is 2.19. The van der Waals surface area contributed by atoms with Gasteiger partial charge in [0.2, 0.25) is 10.0 Å². The molecular formula is C13H23N3O3S. The number of hydrogen-bond donors (Lipinski definition) is 2. The smallest absolute Gasteiger partial charge is 0.268 e. The summed E-state index contributed by atoms with van der Waals surface area (Å²) in [4.78, 5) is 12.1. The molecular weight excluding hydrogens is 278 g/mol. The summed E-state index contributed by atoms with van der Waals surface area (Å²) in [6.07, 6.45) is 4.40. The molecule has 1 unspecified atom stereocenters. The Labute approximate surface area is 120 Å². The van der Waals surface area contributed by atoms with E-state index in [0.29, 0.717) is 12.2 Å². The van der Waals surface area contributed by atoms with Crippen LogP contribution in [0.1, 0.15) is 50.5 Å². The van der Waals surface area contributed by atoms with Crippen LogP contribution >= 0.6 is 0 Å². The number of aryl methyl sites for hydroxylation is 1. The van der Waals surface area contributed by atoms with Crippen LogP contribution in [-0.2, 0) is 16.6 Å². The Hall–Kier alpha value is -1.34. The number of hydrogen-bond acceptors (Lipinski definition) is 3. The average Bonchev–Trinajstić information content (AvgIpc) is 2.80. The van der Waals surface area contributed by atoms with Crippen molar-refractivity contribution >= 4 is 15.9 Å². The van der Waals surface area contributed by atoms with Gasteiger partial charge >= 0.3 is 0 Å². The van der Waals surface area contributed by atoms with E-state index in [4.69, 9.17) is 5.14 Å². The van der Waals surface area contributed by atoms with Gasteiger partial charge in [-0.1, -0.05) is 19.8 Å². The Bertz CT molecular complexity index is 563. The minimum Gasteiger partial charge on any atom is -0.348 e. The lowest BCUT2D eigenvalue weighted by atomic mass is 10.1. The number of aromatic nitrogens is 1. The molecule has 0 spiro atoms. The van der Waals surface area contributed by atoms with Gasteiger partial charge in [-0.05, 0) is 26.3 Å². The van der Waals surface area contributed by atoms with Crippen LogP contribution in [0.3, 0.4) is 0 Å². The van der Waals surface area contributed by atoms with E-state index in [1.165, 1.54) is 12.3 Å². The van der Waals surface area contributed by atoms with Crippen molar-refractivity contribution < 1.29 is 13.2 Å². The molecule has 1 rings (SSSR count). The SMILES string of the molecule is CCCCC(C)NC(=O)c1cc(S(N)(=O)=O)cn1CC. The molecule has 0 aromatic carbocycles. The Morgan fingerprint density at radius 1 is 1.45 bits per heavy atom. The predicted molar refractivity (Wildman–Crippen MR) is 77.9 cm³/mol. The van der Waals surface area contributed by atoms with Crippen LogP contribution in [0.5, 0.6) is 0 Å². The number of nitrogens with one attached hydrogen (secondary N) is 1. The number of nitrogens with two attached hydrogens (primary N) is 1. The van der Waals surface area contributed by atoms with Crippen LogP contribution in [-0.4, -0.2) is 24.9 Å². The summed E-state index contributed by atoms with van der Waals surface area (Å²) in [6, 6.07) is 1.38. The zero-order chi connectivity index (χ0) is 15.3. The number of nitrogens with zero attached hydrogens (tertiary/aromatic N) is 1. The first kappa shape index (κ1) is 16.7. The first-order valence-electron chi connectivity index (χ1n) is 6.83. The molecule has 0 saturated heterocycles. The van der Waals surface area contributed by atoms with Gasteiger partial charge in [0.15, 0.2) is 0 Å². The predicted octanol–water partition coefficient (Wildman–Crippen LogP) is 1.46. The van der Waals surface area contributed by atoms with Crippen molar-refractivity contribution in [3.8, 4) is 0 Å². The van der Waals surface area contributed by atoms with Gasteiger partial charge in [0.25, 0.3) is 5.91 Å². The Balaban J connectivity index is 2.90. The minimum absolute atomic E-state index is 0.0364. The fraction of sp³-hybridized carbons (Fsp3) is 0.615. The lowest BCUT2D eigenvalue weighted by Crippen LogP contribution is -2.33. The third-order valence-corrected chi connectivity index (χ3v) is 4.02. The number of carbonyl (C=O) groups is 1. The van der Waals surface area contributed by atoms with Crippen molar-refractivity contribution in [2.45, 2.75) is 57.5 Å². The summed E-state index contributed by atoms with van der Waals surface area (Å²) in [5, 5.41) is 7.96. The van der Waals surface area contributed by atoms with Crippen LogP contribution in [0, 0.1) is 0 Å². The molecule has 6 nitrogen and oxygen atoms in total. The van der Waals surface area contributed by atoms with Crippen LogP contribution in [0.25, 0.3) is 0 Å².